The van der Waals surface area contributed by atoms with E-state index in [2.05, 4.69) is 10.3 Å². The Bertz CT molecular complexity index is 841. The van der Waals surface area contributed by atoms with Crippen LogP contribution in [0, 0.1) is 13.8 Å². The average molecular weight is 374 g/mol. The van der Waals surface area contributed by atoms with Crippen LogP contribution in [0.4, 0.5) is 5.69 Å². The molecule has 0 fully saturated rings. The van der Waals surface area contributed by atoms with Crippen LogP contribution in [-0.4, -0.2) is 43.6 Å². The van der Waals surface area contributed by atoms with Gasteiger partial charge >= 0.3 is 5.97 Å². The van der Waals surface area contributed by atoms with Gasteiger partial charge in [-0.05, 0) is 45.4 Å². The van der Waals surface area contributed by atoms with E-state index < -0.39 is 12.0 Å². The Hall–Kier alpha value is -2.96. The van der Waals surface area contributed by atoms with E-state index in [0.717, 1.165) is 0 Å². The molecule has 2 aromatic rings. The molecule has 7 heteroatoms. The number of aryl methyl sites for hydroxylation is 1. The van der Waals surface area contributed by atoms with Gasteiger partial charge < -0.3 is 24.5 Å². The van der Waals surface area contributed by atoms with Crippen LogP contribution in [0.5, 0.6) is 11.5 Å². The van der Waals surface area contributed by atoms with Crippen LogP contribution in [0.3, 0.4) is 0 Å². The number of hydrogen-bond acceptors (Lipinski definition) is 6. The lowest BCUT2D eigenvalue weighted by atomic mass is 10.0. The minimum absolute atomic E-state index is 0.163. The van der Waals surface area contributed by atoms with Crippen LogP contribution in [0.15, 0.2) is 18.2 Å². The number of Topliss-reactive ketones (excluding diaryl/α,β-unsaturated/α-hetero) is 1. The van der Waals surface area contributed by atoms with Crippen molar-refractivity contribution in [3.8, 4) is 11.5 Å². The third-order valence-corrected chi connectivity index (χ3v) is 4.34. The van der Waals surface area contributed by atoms with Gasteiger partial charge in [-0.15, -0.1) is 0 Å². The molecule has 0 aliphatic carbocycles. The van der Waals surface area contributed by atoms with E-state index in [-0.39, 0.29) is 12.4 Å². The molecule has 2 rings (SSSR count). The first kappa shape index (κ1) is 20.4. The zero-order valence-corrected chi connectivity index (χ0v) is 16.6. The number of carbonyl (C=O) groups is 2. The molecule has 1 heterocycles. The maximum atomic E-state index is 12.9. The minimum Gasteiger partial charge on any atom is -0.497 e. The van der Waals surface area contributed by atoms with E-state index in [1.165, 1.54) is 0 Å². The largest absolute Gasteiger partial charge is 0.497 e. The van der Waals surface area contributed by atoms with E-state index in [4.69, 9.17) is 14.2 Å². The molecule has 0 spiro atoms. The Kier molecular flexibility index (Phi) is 6.50. The fourth-order valence-electron chi connectivity index (χ4n) is 2.94. The predicted octanol–water partition coefficient (Wildman–Crippen LogP) is 3.51. The van der Waals surface area contributed by atoms with Gasteiger partial charge in [-0.25, -0.2) is 4.79 Å². The number of H-pyrrole nitrogens is 1. The third kappa shape index (κ3) is 4.24. The van der Waals surface area contributed by atoms with Gasteiger partial charge in [-0.2, -0.15) is 0 Å². The molecule has 0 amide bonds. The number of hydrogen-bond donors (Lipinski definition) is 2. The topological polar surface area (TPSA) is 89.7 Å². The van der Waals surface area contributed by atoms with Crippen molar-refractivity contribution in [1.82, 2.24) is 4.98 Å². The normalized spacial score (nSPS) is 11.6. The lowest BCUT2D eigenvalue weighted by Crippen LogP contribution is -2.27. The van der Waals surface area contributed by atoms with Crippen LogP contribution in [-0.2, 0) is 4.74 Å². The lowest BCUT2D eigenvalue weighted by molar-refractivity contribution is 0.0525. The Morgan fingerprint density at radius 1 is 1.19 bits per heavy atom. The summed E-state index contributed by atoms with van der Waals surface area (Å²) in [5, 5.41) is 3.16. The average Bonchev–Trinajstić information content (AvgIpc) is 2.95. The van der Waals surface area contributed by atoms with Crippen molar-refractivity contribution in [2.75, 3.05) is 26.1 Å². The summed E-state index contributed by atoms with van der Waals surface area (Å²) in [5.41, 5.74) is 2.68. The summed E-state index contributed by atoms with van der Waals surface area (Å²) in [7, 11) is 3.13. The Balaban J connectivity index is 2.26. The fraction of sp³-hybridized carbons (Fsp3) is 0.400. The van der Waals surface area contributed by atoms with E-state index in [1.807, 2.05) is 0 Å². The van der Waals surface area contributed by atoms with E-state index in [0.29, 0.717) is 39.7 Å². The number of ether oxygens (including phenoxy) is 3. The Morgan fingerprint density at radius 2 is 1.89 bits per heavy atom. The van der Waals surface area contributed by atoms with Crippen LogP contribution < -0.4 is 14.8 Å². The van der Waals surface area contributed by atoms with Crippen LogP contribution in [0.2, 0.25) is 0 Å². The van der Waals surface area contributed by atoms with Crippen LogP contribution >= 0.6 is 0 Å². The second kappa shape index (κ2) is 8.62. The van der Waals surface area contributed by atoms with Crippen LogP contribution in [0.25, 0.3) is 0 Å². The molecule has 0 aliphatic rings. The third-order valence-electron chi connectivity index (χ3n) is 4.34. The number of esters is 1. The summed E-state index contributed by atoms with van der Waals surface area (Å²) in [6.45, 7) is 7.27. The van der Waals surface area contributed by atoms with E-state index >= 15 is 0 Å². The number of ketones is 1. The van der Waals surface area contributed by atoms with Crippen molar-refractivity contribution in [3.63, 3.8) is 0 Å². The number of anilines is 1. The minimum atomic E-state index is -0.543. The van der Waals surface area contributed by atoms with Gasteiger partial charge in [-0.3, -0.25) is 4.79 Å². The van der Waals surface area contributed by atoms with E-state index in [1.54, 1.807) is 60.1 Å². The monoisotopic (exact) mass is 374 g/mol. The van der Waals surface area contributed by atoms with Gasteiger partial charge in [0.15, 0.2) is 0 Å². The summed E-state index contributed by atoms with van der Waals surface area (Å²) < 4.78 is 15.6. The predicted molar refractivity (Wildman–Crippen MR) is 103 cm³/mol. The number of rotatable bonds is 8. The molecule has 7 nitrogen and oxygen atoms in total. The van der Waals surface area contributed by atoms with Crippen molar-refractivity contribution >= 4 is 17.4 Å². The molecule has 2 N–H and O–H groups in total. The van der Waals surface area contributed by atoms with Gasteiger partial charge in [-0.1, -0.05) is 0 Å². The molecule has 146 valence electrons. The number of aromatic amines is 1. The standard InChI is InChI=1S/C20H26N2O5/c1-7-27-20(24)17-11(2)18(22-12(17)3)19(23)13(4)21-15-9-8-14(25-5)10-16(15)26-6/h8-10,13,21-22H,7H2,1-6H3/t13-/m1/s1. The molecular weight excluding hydrogens is 348 g/mol. The molecule has 27 heavy (non-hydrogen) atoms. The van der Waals surface area contributed by atoms with Gasteiger partial charge in [0, 0.05) is 11.8 Å². The molecule has 1 atom stereocenters. The van der Waals surface area contributed by atoms with Crippen LogP contribution in [0.1, 0.15) is 46.0 Å². The summed E-state index contributed by atoms with van der Waals surface area (Å²) in [6.07, 6.45) is 0. The molecule has 0 unspecified atom stereocenters. The summed E-state index contributed by atoms with van der Waals surface area (Å²) in [6, 6.07) is 4.77. The first-order chi connectivity index (χ1) is 12.8. The van der Waals surface area contributed by atoms with Gasteiger partial charge in [0.05, 0.1) is 43.8 Å². The van der Waals surface area contributed by atoms with E-state index in [9.17, 15) is 9.59 Å². The van der Waals surface area contributed by atoms with Crippen molar-refractivity contribution in [1.29, 1.82) is 0 Å². The quantitative estimate of drug-likeness (QED) is 0.543. The van der Waals surface area contributed by atoms with Gasteiger partial charge in [0.2, 0.25) is 5.78 Å². The summed E-state index contributed by atoms with van der Waals surface area (Å²) >= 11 is 0. The molecule has 1 aromatic carbocycles. The molecule has 0 aliphatic heterocycles. The lowest BCUT2D eigenvalue weighted by Gasteiger charge is -2.17. The molecule has 1 aromatic heterocycles. The smallest absolute Gasteiger partial charge is 0.340 e. The molecule has 0 bridgehead atoms. The fourth-order valence-corrected chi connectivity index (χ4v) is 2.94. The highest BCUT2D eigenvalue weighted by molar-refractivity contribution is 6.04. The van der Waals surface area contributed by atoms with Crippen molar-refractivity contribution in [2.24, 2.45) is 0 Å². The number of carbonyl (C=O) groups excluding carboxylic acids is 2. The highest BCUT2D eigenvalue weighted by atomic mass is 16.5. The molecular formula is C20H26N2O5. The number of methoxy groups -OCH3 is 2. The summed E-state index contributed by atoms with van der Waals surface area (Å²) in [4.78, 5) is 28.1. The van der Waals surface area contributed by atoms with Gasteiger partial charge in [0.1, 0.15) is 11.5 Å². The maximum Gasteiger partial charge on any atom is 0.340 e. The number of nitrogens with one attached hydrogen (secondary N) is 2. The zero-order valence-electron chi connectivity index (χ0n) is 16.6. The molecule has 0 saturated carbocycles. The second-order valence-corrected chi connectivity index (χ2v) is 6.14. The van der Waals surface area contributed by atoms with Crippen molar-refractivity contribution < 1.29 is 23.8 Å². The first-order valence-corrected chi connectivity index (χ1v) is 8.73. The number of aromatic nitrogens is 1. The summed E-state index contributed by atoms with van der Waals surface area (Å²) in [5.74, 6) is 0.635. The SMILES string of the molecule is CCOC(=O)c1c(C)[nH]c(C(=O)[C@@H](C)Nc2ccc(OC)cc2OC)c1C. The Labute approximate surface area is 159 Å². The van der Waals surface area contributed by atoms with Crippen molar-refractivity contribution in [2.45, 2.75) is 33.7 Å². The number of benzene rings is 1. The van der Waals surface area contributed by atoms with Gasteiger partial charge in [0.25, 0.3) is 0 Å². The first-order valence-electron chi connectivity index (χ1n) is 8.73. The highest BCUT2D eigenvalue weighted by Gasteiger charge is 2.26. The second-order valence-electron chi connectivity index (χ2n) is 6.14. The van der Waals surface area contributed by atoms with Crippen molar-refractivity contribution in [3.05, 3.63) is 40.7 Å². The zero-order chi connectivity index (χ0) is 20.1. The molecule has 0 saturated heterocycles. The highest BCUT2D eigenvalue weighted by Crippen LogP contribution is 2.30. The Morgan fingerprint density at radius 3 is 2.48 bits per heavy atom. The maximum absolute atomic E-state index is 12.9. The molecule has 0 radical (unpaired) electrons.